The van der Waals surface area contributed by atoms with Crippen LogP contribution in [0.4, 0.5) is 0 Å². The van der Waals surface area contributed by atoms with Crippen LogP contribution in [0.3, 0.4) is 0 Å². The van der Waals surface area contributed by atoms with Gasteiger partial charge in [0.1, 0.15) is 0 Å². The lowest BCUT2D eigenvalue weighted by Crippen LogP contribution is -2.07. The number of thiophene rings is 1. The van der Waals surface area contributed by atoms with Crippen LogP contribution in [-0.2, 0) is 0 Å². The van der Waals surface area contributed by atoms with Gasteiger partial charge in [-0.1, -0.05) is 170 Å². The molecule has 63 heavy (non-hydrogen) atoms. The van der Waals surface area contributed by atoms with Crippen LogP contribution < -0.4 is 0 Å². The number of fused-ring (bicyclic) bond motifs is 9. The summed E-state index contributed by atoms with van der Waals surface area (Å²) >= 11 is 1.84. The molecular formula is C57H35N5S. The SMILES string of the molecule is c1ccc(-c2ccc(-c3nc(-c4cccc(-c5cccc6c5sc5ccccc56)c4)nc(-n4c5ccccc5c5ccccc54)n3)cc2-n2c3ccccc3c3ccccc32)cc1. The van der Waals surface area contributed by atoms with E-state index in [1.165, 1.54) is 36.5 Å². The molecule has 0 aliphatic carbocycles. The van der Waals surface area contributed by atoms with Gasteiger partial charge in [0, 0.05) is 58.4 Å². The zero-order valence-corrected chi connectivity index (χ0v) is 34.7. The fourth-order valence-electron chi connectivity index (χ4n) is 9.56. The van der Waals surface area contributed by atoms with Crippen LogP contribution >= 0.6 is 11.3 Å². The van der Waals surface area contributed by atoms with Crippen molar-refractivity contribution in [2.45, 2.75) is 0 Å². The van der Waals surface area contributed by atoms with Gasteiger partial charge in [0.2, 0.25) is 5.95 Å². The number of hydrogen-bond acceptors (Lipinski definition) is 4. The first-order valence-corrected chi connectivity index (χ1v) is 22.0. The zero-order valence-electron chi connectivity index (χ0n) is 33.9. The minimum atomic E-state index is 0.565. The first-order valence-electron chi connectivity index (χ1n) is 21.2. The number of benzene rings is 9. The highest BCUT2D eigenvalue weighted by Gasteiger charge is 2.21. The van der Waals surface area contributed by atoms with Crippen LogP contribution in [0.2, 0.25) is 0 Å². The predicted molar refractivity (Wildman–Crippen MR) is 263 cm³/mol. The summed E-state index contributed by atoms with van der Waals surface area (Å²) in [6.45, 7) is 0. The molecule has 0 saturated carbocycles. The maximum atomic E-state index is 5.40. The van der Waals surface area contributed by atoms with Gasteiger partial charge < -0.3 is 4.57 Å². The highest BCUT2D eigenvalue weighted by Crippen LogP contribution is 2.42. The second-order valence-electron chi connectivity index (χ2n) is 16.0. The summed E-state index contributed by atoms with van der Waals surface area (Å²) in [7, 11) is 0. The van der Waals surface area contributed by atoms with E-state index in [0.717, 1.165) is 66.3 Å². The molecule has 13 aromatic rings. The minimum Gasteiger partial charge on any atom is -0.309 e. The van der Waals surface area contributed by atoms with Crippen molar-refractivity contribution in [2.24, 2.45) is 0 Å². The molecule has 5 nitrogen and oxygen atoms in total. The van der Waals surface area contributed by atoms with Gasteiger partial charge in [0.05, 0.1) is 27.8 Å². The van der Waals surface area contributed by atoms with Crippen molar-refractivity contribution in [3.8, 4) is 56.7 Å². The fourth-order valence-corrected chi connectivity index (χ4v) is 10.8. The summed E-state index contributed by atoms with van der Waals surface area (Å²) in [5, 5.41) is 7.27. The Morgan fingerprint density at radius 2 is 0.810 bits per heavy atom. The molecule has 13 rings (SSSR count). The van der Waals surface area contributed by atoms with E-state index in [0.29, 0.717) is 17.6 Å². The van der Waals surface area contributed by atoms with Gasteiger partial charge in [-0.05, 0) is 59.2 Å². The lowest BCUT2D eigenvalue weighted by atomic mass is 10.00. The molecule has 0 atom stereocenters. The summed E-state index contributed by atoms with van der Waals surface area (Å²) in [6.07, 6.45) is 0. The fraction of sp³-hybridized carbons (Fsp3) is 0. The van der Waals surface area contributed by atoms with Crippen LogP contribution in [0, 0.1) is 0 Å². The lowest BCUT2D eigenvalue weighted by Gasteiger charge is -2.16. The Hall–Kier alpha value is -8.19. The van der Waals surface area contributed by atoms with E-state index in [1.54, 1.807) is 0 Å². The zero-order chi connectivity index (χ0) is 41.4. The monoisotopic (exact) mass is 821 g/mol. The van der Waals surface area contributed by atoms with Gasteiger partial charge in [-0.2, -0.15) is 9.97 Å². The molecule has 9 aromatic carbocycles. The number of aromatic nitrogens is 5. The summed E-state index contributed by atoms with van der Waals surface area (Å²) in [4.78, 5) is 16.1. The van der Waals surface area contributed by atoms with Crippen molar-refractivity contribution in [3.05, 3.63) is 212 Å². The minimum absolute atomic E-state index is 0.565. The molecule has 0 bridgehead atoms. The lowest BCUT2D eigenvalue weighted by molar-refractivity contribution is 0.953. The summed E-state index contributed by atoms with van der Waals surface area (Å²) in [5.41, 5.74) is 11.8. The Balaban J connectivity index is 1.07. The molecular weight excluding hydrogens is 787 g/mol. The smallest absolute Gasteiger partial charge is 0.238 e. The summed E-state index contributed by atoms with van der Waals surface area (Å²) < 4.78 is 7.14. The van der Waals surface area contributed by atoms with Crippen molar-refractivity contribution in [1.82, 2.24) is 24.1 Å². The van der Waals surface area contributed by atoms with Crippen LogP contribution in [0.25, 0.3) is 120 Å². The van der Waals surface area contributed by atoms with Gasteiger partial charge in [0.25, 0.3) is 0 Å². The third-order valence-electron chi connectivity index (χ3n) is 12.4. The highest BCUT2D eigenvalue weighted by molar-refractivity contribution is 7.26. The standard InChI is InChI=1S/C57H35N5S/c1-2-16-36(17-3-1)40-33-32-39(35-52(40)61-48-27-9-4-20-42(48)43-21-5-10-28-49(43)61)56-58-55(59-57(60-56)62-50-29-11-6-22-44(50)45-23-7-12-30-51(45)62)38-19-14-18-37(34-38)41-25-15-26-47-46-24-8-13-31-53(46)63-54(41)47/h1-35H. The molecule has 4 heterocycles. The van der Waals surface area contributed by atoms with Crippen molar-refractivity contribution in [2.75, 3.05) is 0 Å². The van der Waals surface area contributed by atoms with Gasteiger partial charge in [0.15, 0.2) is 11.6 Å². The molecule has 0 saturated heterocycles. The van der Waals surface area contributed by atoms with E-state index in [-0.39, 0.29) is 0 Å². The van der Waals surface area contributed by atoms with Crippen LogP contribution in [0.15, 0.2) is 212 Å². The Kier molecular flexibility index (Phi) is 8.01. The second kappa shape index (κ2) is 14.2. The average Bonchev–Trinajstić information content (AvgIpc) is 4.02. The van der Waals surface area contributed by atoms with E-state index in [4.69, 9.17) is 15.0 Å². The second-order valence-corrected chi connectivity index (χ2v) is 17.0. The maximum absolute atomic E-state index is 5.40. The van der Waals surface area contributed by atoms with E-state index in [1.807, 2.05) is 11.3 Å². The molecule has 0 spiro atoms. The Morgan fingerprint density at radius 3 is 1.46 bits per heavy atom. The highest BCUT2D eigenvalue weighted by atomic mass is 32.1. The van der Waals surface area contributed by atoms with Gasteiger partial charge in [-0.3, -0.25) is 4.57 Å². The molecule has 0 unspecified atom stereocenters. The van der Waals surface area contributed by atoms with Crippen molar-refractivity contribution >= 4 is 75.1 Å². The summed E-state index contributed by atoms with van der Waals surface area (Å²) in [6, 6.07) is 75.6. The van der Waals surface area contributed by atoms with E-state index in [2.05, 4.69) is 221 Å². The molecule has 0 aliphatic heterocycles. The number of nitrogens with zero attached hydrogens (tertiary/aromatic N) is 5. The quantitative estimate of drug-likeness (QED) is 0.168. The molecule has 6 heteroatoms. The van der Waals surface area contributed by atoms with E-state index in [9.17, 15) is 0 Å². The average molecular weight is 822 g/mol. The molecule has 4 aromatic heterocycles. The topological polar surface area (TPSA) is 48.5 Å². The maximum Gasteiger partial charge on any atom is 0.238 e. The molecule has 0 amide bonds. The van der Waals surface area contributed by atoms with Gasteiger partial charge >= 0.3 is 0 Å². The van der Waals surface area contributed by atoms with Crippen molar-refractivity contribution in [1.29, 1.82) is 0 Å². The number of para-hydroxylation sites is 4. The van der Waals surface area contributed by atoms with Gasteiger partial charge in [-0.25, -0.2) is 4.98 Å². The van der Waals surface area contributed by atoms with Crippen molar-refractivity contribution in [3.63, 3.8) is 0 Å². The van der Waals surface area contributed by atoms with Crippen molar-refractivity contribution < 1.29 is 0 Å². The van der Waals surface area contributed by atoms with Crippen LogP contribution in [0.1, 0.15) is 0 Å². The molecule has 0 aliphatic rings. The first kappa shape index (κ1) is 35.6. The predicted octanol–water partition coefficient (Wildman–Crippen LogP) is 15.1. The van der Waals surface area contributed by atoms with Crippen LogP contribution in [-0.4, -0.2) is 24.1 Å². The van der Waals surface area contributed by atoms with E-state index >= 15 is 0 Å². The number of hydrogen-bond donors (Lipinski definition) is 0. The molecule has 0 fully saturated rings. The molecule has 0 N–H and O–H groups in total. The molecule has 0 radical (unpaired) electrons. The first-order chi connectivity index (χ1) is 31.2. The molecule has 294 valence electrons. The largest absolute Gasteiger partial charge is 0.309 e. The van der Waals surface area contributed by atoms with Crippen LogP contribution in [0.5, 0.6) is 0 Å². The number of rotatable bonds is 6. The Morgan fingerprint density at radius 1 is 0.317 bits per heavy atom. The normalized spacial score (nSPS) is 11.8. The third kappa shape index (κ3) is 5.66. The Bertz CT molecular complexity index is 3820. The van der Waals surface area contributed by atoms with Gasteiger partial charge in [-0.15, -0.1) is 11.3 Å². The van der Waals surface area contributed by atoms with E-state index < -0.39 is 0 Å². The summed E-state index contributed by atoms with van der Waals surface area (Å²) in [5.74, 6) is 1.76. The third-order valence-corrected chi connectivity index (χ3v) is 13.6. The Labute approximate surface area is 366 Å².